The van der Waals surface area contributed by atoms with Crippen molar-refractivity contribution in [2.45, 2.75) is 5.41 Å². The topological polar surface area (TPSA) is 7.65 Å². The van der Waals surface area contributed by atoms with E-state index in [4.69, 9.17) is 0 Å². The largest absolute Gasteiger partial charge is 0.310 e. The number of nitrogens with zero attached hydrogens (tertiary/aromatic N) is 2. The van der Waals surface area contributed by atoms with Gasteiger partial charge in [0.1, 0.15) is 0 Å². The van der Waals surface area contributed by atoms with Crippen molar-refractivity contribution in [2.24, 2.45) is 0 Å². The molecular formula is C69H42N2. The number of hydrogen-bond donors (Lipinski definition) is 0. The zero-order chi connectivity index (χ0) is 46.4. The van der Waals surface area contributed by atoms with Gasteiger partial charge >= 0.3 is 0 Å². The maximum Gasteiger partial charge on any atom is 0.0714 e. The highest BCUT2D eigenvalue weighted by molar-refractivity contribution is 6.31. The quantitative estimate of drug-likeness (QED) is 0.119. The lowest BCUT2D eigenvalue weighted by Gasteiger charge is -2.34. The molecule has 0 fully saturated rings. The smallest absolute Gasteiger partial charge is 0.0714 e. The van der Waals surface area contributed by atoms with E-state index in [0.29, 0.717) is 0 Å². The van der Waals surface area contributed by atoms with Crippen LogP contribution in [-0.2, 0) is 5.41 Å². The van der Waals surface area contributed by atoms with Gasteiger partial charge in [0.25, 0.3) is 0 Å². The minimum Gasteiger partial charge on any atom is -0.310 e. The molecule has 0 N–H and O–H groups in total. The molecule has 0 aliphatic heterocycles. The fourth-order valence-corrected chi connectivity index (χ4v) is 13.3. The third kappa shape index (κ3) is 5.10. The fraction of sp³-hybridized carbons (Fsp3) is 0.0145. The summed E-state index contributed by atoms with van der Waals surface area (Å²) in [7, 11) is 0. The Morgan fingerprint density at radius 3 is 1.70 bits per heavy atom. The second-order valence-electron chi connectivity index (χ2n) is 19.5. The molecule has 0 amide bonds. The Bertz CT molecular complexity index is 4450. The first-order valence-corrected chi connectivity index (χ1v) is 24.8. The van der Waals surface area contributed by atoms with Crippen LogP contribution >= 0.6 is 0 Å². The van der Waals surface area contributed by atoms with Gasteiger partial charge in [-0.3, -0.25) is 0 Å². The summed E-state index contributed by atoms with van der Waals surface area (Å²) < 4.78 is 2.57. The highest BCUT2D eigenvalue weighted by Gasteiger charge is 2.47. The van der Waals surface area contributed by atoms with E-state index < -0.39 is 5.41 Å². The molecule has 2 aromatic heterocycles. The van der Waals surface area contributed by atoms with Gasteiger partial charge in [0.15, 0.2) is 0 Å². The summed E-state index contributed by atoms with van der Waals surface area (Å²) >= 11 is 0. The molecular weight excluding hydrogens is 857 g/mol. The lowest BCUT2D eigenvalue weighted by molar-refractivity contribution is 0.770. The molecule has 0 atom stereocenters. The maximum atomic E-state index is 2.58. The molecule has 2 aliphatic carbocycles. The van der Waals surface area contributed by atoms with E-state index in [1.807, 2.05) is 0 Å². The number of benzene rings is 12. The predicted molar refractivity (Wildman–Crippen MR) is 298 cm³/mol. The van der Waals surface area contributed by atoms with E-state index in [2.05, 4.69) is 264 Å². The minimum absolute atomic E-state index is 0.529. The number of pyridine rings is 1. The van der Waals surface area contributed by atoms with Crippen LogP contribution in [-0.4, -0.2) is 4.40 Å². The van der Waals surface area contributed by atoms with Gasteiger partial charge in [-0.2, -0.15) is 0 Å². The van der Waals surface area contributed by atoms with Gasteiger partial charge in [-0.15, -0.1) is 0 Å². The zero-order valence-electron chi connectivity index (χ0n) is 38.6. The van der Waals surface area contributed by atoms with Crippen molar-refractivity contribution in [3.8, 4) is 44.5 Å². The molecule has 0 spiro atoms. The highest BCUT2D eigenvalue weighted by atomic mass is 15.1. The molecule has 0 unspecified atom stereocenters. The second kappa shape index (κ2) is 14.4. The summed E-state index contributed by atoms with van der Waals surface area (Å²) in [5.41, 5.74) is 21.9. The number of anilines is 3. The zero-order valence-corrected chi connectivity index (χ0v) is 38.6. The summed E-state index contributed by atoms with van der Waals surface area (Å²) in [6, 6.07) is 95.5. The van der Waals surface area contributed by atoms with Crippen LogP contribution in [0.4, 0.5) is 17.1 Å². The number of para-hydroxylation sites is 1. The Balaban J connectivity index is 1.02. The molecule has 16 rings (SSSR count). The molecule has 0 saturated heterocycles. The van der Waals surface area contributed by atoms with Crippen LogP contribution in [0.15, 0.2) is 255 Å². The van der Waals surface area contributed by atoms with Gasteiger partial charge in [-0.1, -0.05) is 206 Å². The normalized spacial score (nSPS) is 13.2. The molecule has 12 aromatic carbocycles. The molecule has 71 heavy (non-hydrogen) atoms. The van der Waals surface area contributed by atoms with Crippen molar-refractivity contribution in [2.75, 3.05) is 4.90 Å². The standard InChI is InChI=1S/C69H42N2/c1-4-17-43(18-5-1)44-33-35-48(36-34-44)70(49-37-38-50-51-27-14-19-45-20-15-28-52(64(45)51)57(50)41-49)63-40-39-53-58-42-60-65(56-29-16-32-62(66(56)58)71-61-31-13-11-26-55(61)67(63)68(53)71)54-25-10-12-30-59(54)69(60,46-21-6-2-7-22-46)47-23-8-3-9-24-47/h1-42H. The summed E-state index contributed by atoms with van der Waals surface area (Å²) in [6.07, 6.45) is 0. The van der Waals surface area contributed by atoms with Crippen molar-refractivity contribution >= 4 is 76.7 Å². The average Bonchev–Trinajstić information content (AvgIpc) is 4.07. The van der Waals surface area contributed by atoms with Crippen molar-refractivity contribution < 1.29 is 0 Å². The summed E-state index contributed by atoms with van der Waals surface area (Å²) in [6.45, 7) is 0. The van der Waals surface area contributed by atoms with Crippen molar-refractivity contribution in [3.63, 3.8) is 0 Å². The molecule has 2 heterocycles. The van der Waals surface area contributed by atoms with E-state index >= 15 is 0 Å². The van der Waals surface area contributed by atoms with Gasteiger partial charge < -0.3 is 9.30 Å². The van der Waals surface area contributed by atoms with Gasteiger partial charge in [0.05, 0.1) is 27.7 Å². The Kier molecular flexibility index (Phi) is 7.85. The van der Waals surface area contributed by atoms with Crippen LogP contribution in [0.3, 0.4) is 0 Å². The molecule has 0 saturated carbocycles. The highest BCUT2D eigenvalue weighted by Crippen LogP contribution is 2.60. The third-order valence-electron chi connectivity index (χ3n) is 16.1. The van der Waals surface area contributed by atoms with Crippen LogP contribution in [0.2, 0.25) is 0 Å². The Morgan fingerprint density at radius 1 is 0.324 bits per heavy atom. The lowest BCUT2D eigenvalue weighted by Crippen LogP contribution is -2.28. The van der Waals surface area contributed by atoms with Crippen LogP contribution in [0, 0.1) is 0 Å². The molecule has 328 valence electrons. The molecule has 0 radical (unpaired) electrons. The van der Waals surface area contributed by atoms with Crippen LogP contribution in [0.25, 0.3) is 104 Å². The first-order valence-electron chi connectivity index (χ1n) is 24.8. The van der Waals surface area contributed by atoms with E-state index in [0.717, 1.165) is 17.1 Å². The fourth-order valence-electron chi connectivity index (χ4n) is 13.3. The Morgan fingerprint density at radius 2 is 0.930 bits per heavy atom. The van der Waals surface area contributed by atoms with Gasteiger partial charge in [-0.25, -0.2) is 0 Å². The molecule has 0 bridgehead atoms. The summed E-state index contributed by atoms with van der Waals surface area (Å²) in [4.78, 5) is 2.51. The van der Waals surface area contributed by atoms with Gasteiger partial charge in [0.2, 0.25) is 0 Å². The van der Waals surface area contributed by atoms with Crippen molar-refractivity contribution in [3.05, 3.63) is 277 Å². The number of hydrogen-bond acceptors (Lipinski definition) is 1. The van der Waals surface area contributed by atoms with Crippen LogP contribution in [0.5, 0.6) is 0 Å². The van der Waals surface area contributed by atoms with E-state index in [9.17, 15) is 0 Å². The molecule has 2 nitrogen and oxygen atoms in total. The SMILES string of the molecule is c1ccc(-c2ccc(N(c3ccc4c(c3)-c3cccc5cccc-4c35)c3ccc4c5cc6c(c7cccc(c75)n5c7ccccc7c3c45)-c3ccccc3C6(c3ccccc3)c3ccccc3)cc2)cc1. The Hall–Kier alpha value is -9.24. The van der Waals surface area contributed by atoms with Gasteiger partial charge in [-0.05, 0) is 137 Å². The third-order valence-corrected chi connectivity index (χ3v) is 16.1. The maximum absolute atomic E-state index is 2.58. The molecule has 2 aliphatic rings. The van der Waals surface area contributed by atoms with Gasteiger partial charge in [0, 0.05) is 32.9 Å². The molecule has 2 heteroatoms. The summed E-state index contributed by atoms with van der Waals surface area (Å²) in [5, 5.41) is 10.2. The predicted octanol–water partition coefficient (Wildman–Crippen LogP) is 18.3. The van der Waals surface area contributed by atoms with E-state index in [1.165, 1.54) is 126 Å². The Labute approximate surface area is 410 Å². The monoisotopic (exact) mass is 898 g/mol. The van der Waals surface area contributed by atoms with E-state index in [1.54, 1.807) is 0 Å². The summed E-state index contributed by atoms with van der Waals surface area (Å²) in [5.74, 6) is 0. The van der Waals surface area contributed by atoms with Crippen LogP contribution in [0.1, 0.15) is 22.3 Å². The second-order valence-corrected chi connectivity index (χ2v) is 19.5. The van der Waals surface area contributed by atoms with Crippen LogP contribution < -0.4 is 4.90 Å². The average molecular weight is 899 g/mol. The first kappa shape index (κ1) is 38.7. The number of fused-ring (bicyclic) bond motifs is 12. The van der Waals surface area contributed by atoms with Crippen molar-refractivity contribution in [1.29, 1.82) is 0 Å². The lowest BCUT2D eigenvalue weighted by atomic mass is 9.67. The van der Waals surface area contributed by atoms with Crippen molar-refractivity contribution in [1.82, 2.24) is 4.40 Å². The number of aromatic nitrogens is 1. The first-order chi connectivity index (χ1) is 35.3. The molecule has 14 aromatic rings. The minimum atomic E-state index is -0.529. The number of rotatable bonds is 6. The van der Waals surface area contributed by atoms with E-state index in [-0.39, 0.29) is 0 Å².